The highest BCUT2D eigenvalue weighted by Gasteiger charge is 2.60. The first kappa shape index (κ1) is 27.2. The van der Waals surface area contributed by atoms with Gasteiger partial charge in [0.2, 0.25) is 0 Å². The number of ketones is 1. The van der Waals surface area contributed by atoms with E-state index in [0.29, 0.717) is 16.6 Å². The molecule has 198 valence electrons. The third kappa shape index (κ3) is 5.70. The van der Waals surface area contributed by atoms with Gasteiger partial charge in [0, 0.05) is 6.42 Å². The van der Waals surface area contributed by atoms with Crippen molar-refractivity contribution in [3.05, 3.63) is 23.8 Å². The van der Waals surface area contributed by atoms with Crippen LogP contribution in [0.25, 0.3) is 0 Å². The lowest BCUT2D eigenvalue weighted by molar-refractivity contribution is -0.119. The molecule has 1 heteroatoms. The molecule has 0 heterocycles. The van der Waals surface area contributed by atoms with Crippen LogP contribution < -0.4 is 0 Å². The van der Waals surface area contributed by atoms with E-state index < -0.39 is 0 Å². The maximum atomic E-state index is 12.5. The molecule has 0 N–H and O–H groups in total. The Morgan fingerprint density at radius 1 is 0.943 bits per heavy atom. The number of fused-ring (bicyclic) bond motifs is 5. The van der Waals surface area contributed by atoms with Gasteiger partial charge in [0.25, 0.3) is 0 Å². The van der Waals surface area contributed by atoms with Crippen molar-refractivity contribution in [3.63, 3.8) is 0 Å². The summed E-state index contributed by atoms with van der Waals surface area (Å²) in [4.78, 5) is 12.5. The lowest BCUT2D eigenvalue weighted by Gasteiger charge is -2.61. The average molecular weight is 481 g/mol. The van der Waals surface area contributed by atoms with Crippen molar-refractivity contribution in [1.29, 1.82) is 0 Å². The summed E-state index contributed by atoms with van der Waals surface area (Å²) >= 11 is 0. The van der Waals surface area contributed by atoms with Gasteiger partial charge in [-0.05, 0) is 111 Å². The van der Waals surface area contributed by atoms with Crippen molar-refractivity contribution in [2.24, 2.45) is 40.4 Å². The van der Waals surface area contributed by atoms with E-state index >= 15 is 0 Å². The zero-order valence-corrected chi connectivity index (χ0v) is 23.8. The highest BCUT2D eigenvalue weighted by atomic mass is 16.1. The summed E-state index contributed by atoms with van der Waals surface area (Å²) < 4.78 is 0. The van der Waals surface area contributed by atoms with Crippen LogP contribution in [0.1, 0.15) is 143 Å². The van der Waals surface area contributed by atoms with Crippen LogP contribution in [0.5, 0.6) is 0 Å². The first-order chi connectivity index (χ1) is 16.8. The number of hydrogen-bond donors (Lipinski definition) is 0. The van der Waals surface area contributed by atoms with E-state index in [9.17, 15) is 4.79 Å². The van der Waals surface area contributed by atoms with Gasteiger partial charge < -0.3 is 0 Å². The normalized spacial score (nSPS) is 38.5. The molecule has 0 bridgehead atoms. The Kier molecular flexibility index (Phi) is 9.08. The summed E-state index contributed by atoms with van der Waals surface area (Å²) in [7, 11) is 0. The molecule has 7 atom stereocenters. The van der Waals surface area contributed by atoms with Gasteiger partial charge in [-0.2, -0.15) is 0 Å². The molecule has 0 aromatic rings. The smallest absolute Gasteiger partial charge is 0.155 e. The molecule has 0 radical (unpaired) electrons. The van der Waals surface area contributed by atoms with E-state index in [4.69, 9.17) is 0 Å². The maximum absolute atomic E-state index is 12.5. The predicted molar refractivity (Wildman–Crippen MR) is 150 cm³/mol. The minimum Gasteiger partial charge on any atom is -0.295 e. The second-order valence-corrected chi connectivity index (χ2v) is 13.9. The minimum atomic E-state index is 0.297. The van der Waals surface area contributed by atoms with E-state index in [1.807, 2.05) is 0 Å². The van der Waals surface area contributed by atoms with Gasteiger partial charge in [-0.1, -0.05) is 83.3 Å². The fourth-order valence-electron chi connectivity index (χ4n) is 9.54. The first-order valence-corrected chi connectivity index (χ1v) is 15.7. The molecule has 0 amide bonds. The number of allylic oxidation sites excluding steroid dienone is 2. The van der Waals surface area contributed by atoms with E-state index in [1.165, 1.54) is 108 Å². The fraction of sp³-hybridized carbons (Fsp3) is 0.853. The molecule has 1 nitrogen and oxygen atoms in total. The number of unbranched alkanes of at least 4 members (excludes halogenated alkanes) is 7. The second-order valence-electron chi connectivity index (χ2n) is 13.9. The van der Waals surface area contributed by atoms with Crippen LogP contribution in [0.4, 0.5) is 0 Å². The van der Waals surface area contributed by atoms with Crippen LogP contribution >= 0.6 is 0 Å². The molecule has 3 unspecified atom stereocenters. The molecular formula is C34H56O. The minimum absolute atomic E-state index is 0.297. The van der Waals surface area contributed by atoms with Crippen LogP contribution in [-0.4, -0.2) is 5.78 Å². The molecule has 0 aromatic heterocycles. The number of rotatable bonds is 12. The van der Waals surface area contributed by atoms with Crippen LogP contribution in [0.2, 0.25) is 0 Å². The molecule has 0 saturated heterocycles. The van der Waals surface area contributed by atoms with Gasteiger partial charge in [0.15, 0.2) is 5.78 Å². The molecule has 4 aliphatic rings. The molecule has 35 heavy (non-hydrogen) atoms. The Balaban J connectivity index is 1.47. The largest absolute Gasteiger partial charge is 0.295 e. The molecule has 4 rings (SSSR count). The summed E-state index contributed by atoms with van der Waals surface area (Å²) in [5.41, 5.74) is 3.76. The number of carbonyl (C=O) groups is 1. The quantitative estimate of drug-likeness (QED) is 0.200. The SMILES string of the molecule is C=C(C)CC[C@H]1CCC2C3C(CC[C@@]21C)[C@@]1(C)CCC(=O)C=C1C[C@H]3CCCCCCCCCC. The summed E-state index contributed by atoms with van der Waals surface area (Å²) in [6.07, 6.45) is 26.2. The molecule has 0 spiro atoms. The van der Waals surface area contributed by atoms with Crippen LogP contribution in [-0.2, 0) is 4.79 Å². The van der Waals surface area contributed by atoms with Gasteiger partial charge in [-0.25, -0.2) is 0 Å². The van der Waals surface area contributed by atoms with Gasteiger partial charge >= 0.3 is 0 Å². The van der Waals surface area contributed by atoms with E-state index in [-0.39, 0.29) is 0 Å². The lowest BCUT2D eigenvalue weighted by Crippen LogP contribution is -2.53. The van der Waals surface area contributed by atoms with Crippen molar-refractivity contribution < 1.29 is 4.79 Å². The molecule has 3 saturated carbocycles. The Hall–Kier alpha value is -0.850. The molecule has 0 aromatic carbocycles. The van der Waals surface area contributed by atoms with Crippen LogP contribution in [0.15, 0.2) is 23.8 Å². The zero-order chi connectivity index (χ0) is 25.1. The van der Waals surface area contributed by atoms with E-state index in [0.717, 1.165) is 42.4 Å². The summed E-state index contributed by atoms with van der Waals surface area (Å²) in [6, 6.07) is 0. The van der Waals surface area contributed by atoms with Crippen molar-refractivity contribution in [2.75, 3.05) is 0 Å². The molecule has 4 aliphatic carbocycles. The topological polar surface area (TPSA) is 17.1 Å². The van der Waals surface area contributed by atoms with Crippen molar-refractivity contribution in [1.82, 2.24) is 0 Å². The van der Waals surface area contributed by atoms with Crippen molar-refractivity contribution in [3.8, 4) is 0 Å². The molecular weight excluding hydrogens is 424 g/mol. The average Bonchev–Trinajstić information content (AvgIpc) is 3.16. The Labute approximate surface area is 218 Å². The molecule has 3 fully saturated rings. The monoisotopic (exact) mass is 480 g/mol. The number of hydrogen-bond acceptors (Lipinski definition) is 1. The fourth-order valence-corrected chi connectivity index (χ4v) is 9.54. The Morgan fingerprint density at radius 3 is 2.37 bits per heavy atom. The first-order valence-electron chi connectivity index (χ1n) is 15.7. The van der Waals surface area contributed by atoms with E-state index in [1.54, 1.807) is 5.57 Å². The third-order valence-electron chi connectivity index (χ3n) is 11.7. The molecule has 0 aliphatic heterocycles. The van der Waals surface area contributed by atoms with E-state index in [2.05, 4.69) is 40.3 Å². The Bertz CT molecular complexity index is 775. The highest BCUT2D eigenvalue weighted by Crippen LogP contribution is 2.68. The zero-order valence-electron chi connectivity index (χ0n) is 23.8. The van der Waals surface area contributed by atoms with Crippen LogP contribution in [0.3, 0.4) is 0 Å². The summed E-state index contributed by atoms with van der Waals surface area (Å²) in [6.45, 7) is 14.0. The predicted octanol–water partition coefficient (Wildman–Crippen LogP) is 10.2. The lowest BCUT2D eigenvalue weighted by atomic mass is 9.44. The third-order valence-corrected chi connectivity index (χ3v) is 11.7. The second kappa shape index (κ2) is 11.7. The van der Waals surface area contributed by atoms with Gasteiger partial charge in [0.1, 0.15) is 0 Å². The van der Waals surface area contributed by atoms with Gasteiger partial charge in [-0.3, -0.25) is 4.79 Å². The summed E-state index contributed by atoms with van der Waals surface area (Å²) in [5, 5.41) is 0. The highest BCUT2D eigenvalue weighted by molar-refractivity contribution is 5.91. The van der Waals surface area contributed by atoms with Gasteiger partial charge in [-0.15, -0.1) is 6.58 Å². The van der Waals surface area contributed by atoms with Crippen LogP contribution in [0, 0.1) is 40.4 Å². The Morgan fingerprint density at radius 2 is 1.66 bits per heavy atom. The summed E-state index contributed by atoms with van der Waals surface area (Å²) in [5.74, 6) is 4.73. The number of carbonyl (C=O) groups excluding carboxylic acids is 1. The van der Waals surface area contributed by atoms with Crippen molar-refractivity contribution >= 4 is 5.78 Å². The standard InChI is InChI=1S/C34H56O/c1-6-7-8-9-10-11-12-13-14-26-23-28-24-29(35)19-21-34(28,5)31-20-22-33(4)27(16-15-25(2)3)17-18-30(33)32(26)31/h24,26-27,30-32H,2,6-23H2,1,3-5H3/t26-,27+,30?,31?,32?,33-,34+/m1/s1. The van der Waals surface area contributed by atoms with Crippen molar-refractivity contribution in [2.45, 2.75) is 143 Å². The maximum Gasteiger partial charge on any atom is 0.155 e. The van der Waals surface area contributed by atoms with Gasteiger partial charge in [0.05, 0.1) is 0 Å².